The number of benzene rings is 1. The lowest BCUT2D eigenvalue weighted by Crippen LogP contribution is -2.04. The van der Waals surface area contributed by atoms with Crippen LogP contribution in [0.15, 0.2) is 36.4 Å². The number of carbonyl (C=O) groups excluding carboxylic acids is 1. The number of ether oxygens (including phenoxy) is 2. The highest BCUT2D eigenvalue weighted by atomic mass is 16.5. The Balaban J connectivity index is 2.46. The number of para-hydroxylation sites is 1. The Morgan fingerprint density at radius 3 is 2.89 bits per heavy atom. The van der Waals surface area contributed by atoms with Crippen LogP contribution in [-0.4, -0.2) is 26.2 Å². The number of hydrogen-bond donors (Lipinski definition) is 1. The maximum absolute atomic E-state index is 11.1. The van der Waals surface area contributed by atoms with Crippen molar-refractivity contribution in [3.63, 3.8) is 0 Å². The highest BCUT2D eigenvalue weighted by Gasteiger charge is 1.99. The molecule has 1 aromatic carbocycles. The number of esters is 1. The molecule has 98 valence electrons. The van der Waals surface area contributed by atoms with Gasteiger partial charge in [0.25, 0.3) is 0 Å². The Kier molecular flexibility index (Phi) is 6.58. The lowest BCUT2D eigenvalue weighted by atomic mass is 10.2. The molecular weight excluding hydrogens is 230 g/mol. The molecule has 0 aromatic heterocycles. The average Bonchev–Trinajstić information content (AvgIpc) is 2.37. The van der Waals surface area contributed by atoms with E-state index in [0.717, 1.165) is 11.3 Å². The number of methoxy groups -OCH3 is 1. The van der Waals surface area contributed by atoms with Gasteiger partial charge in [0.05, 0.1) is 13.2 Å². The van der Waals surface area contributed by atoms with E-state index >= 15 is 0 Å². The molecule has 0 amide bonds. The Hall–Kier alpha value is -1.81. The topological polar surface area (TPSA) is 47.6 Å². The van der Waals surface area contributed by atoms with Gasteiger partial charge in [-0.15, -0.1) is 0 Å². The Labute approximate surface area is 108 Å². The Bertz CT molecular complexity index is 402. The Morgan fingerprint density at radius 2 is 2.17 bits per heavy atom. The molecule has 4 nitrogen and oxygen atoms in total. The lowest BCUT2D eigenvalue weighted by Gasteiger charge is -2.09. The average molecular weight is 249 g/mol. The van der Waals surface area contributed by atoms with Crippen molar-refractivity contribution in [1.29, 1.82) is 0 Å². The summed E-state index contributed by atoms with van der Waals surface area (Å²) in [5, 5.41) is 3.22. The summed E-state index contributed by atoms with van der Waals surface area (Å²) in [6, 6.07) is 7.90. The van der Waals surface area contributed by atoms with Crippen LogP contribution in [0.25, 0.3) is 0 Å². The third kappa shape index (κ3) is 5.01. The van der Waals surface area contributed by atoms with E-state index in [2.05, 4.69) is 5.32 Å². The fourth-order valence-electron chi connectivity index (χ4n) is 1.49. The lowest BCUT2D eigenvalue weighted by molar-refractivity contribution is -0.137. The summed E-state index contributed by atoms with van der Waals surface area (Å²) in [6.45, 7) is 3.31. The van der Waals surface area contributed by atoms with Crippen LogP contribution in [0.3, 0.4) is 0 Å². The van der Waals surface area contributed by atoms with Crippen molar-refractivity contribution in [1.82, 2.24) is 0 Å². The predicted molar refractivity (Wildman–Crippen MR) is 71.4 cm³/mol. The van der Waals surface area contributed by atoms with Gasteiger partial charge in [0.1, 0.15) is 0 Å². The van der Waals surface area contributed by atoms with Crippen molar-refractivity contribution in [2.75, 3.05) is 25.6 Å². The maximum Gasteiger partial charge on any atom is 0.330 e. The van der Waals surface area contributed by atoms with Crippen LogP contribution in [0.5, 0.6) is 0 Å². The van der Waals surface area contributed by atoms with Crippen LogP contribution in [0.1, 0.15) is 12.5 Å². The molecule has 4 heteroatoms. The second-order valence-corrected chi connectivity index (χ2v) is 3.63. The van der Waals surface area contributed by atoms with E-state index in [4.69, 9.17) is 9.47 Å². The third-order valence-electron chi connectivity index (χ3n) is 2.27. The molecule has 1 aromatic rings. The Morgan fingerprint density at radius 1 is 1.39 bits per heavy atom. The van der Waals surface area contributed by atoms with Crippen molar-refractivity contribution in [2.24, 2.45) is 0 Å². The van der Waals surface area contributed by atoms with Gasteiger partial charge < -0.3 is 14.8 Å². The standard InChI is InChI=1S/C14H19NO3/c1-3-18-14(16)9-6-10-15-13-8-5-4-7-12(13)11-17-2/h4-9,15H,3,10-11H2,1-2H3/b9-6+. The molecule has 0 saturated carbocycles. The van der Waals surface area contributed by atoms with E-state index in [-0.39, 0.29) is 5.97 Å². The van der Waals surface area contributed by atoms with Gasteiger partial charge in [0.2, 0.25) is 0 Å². The van der Waals surface area contributed by atoms with Crippen LogP contribution in [0.2, 0.25) is 0 Å². The van der Waals surface area contributed by atoms with Gasteiger partial charge in [-0.05, 0) is 13.0 Å². The zero-order valence-corrected chi connectivity index (χ0v) is 10.8. The van der Waals surface area contributed by atoms with E-state index in [1.165, 1.54) is 6.08 Å². The molecule has 0 radical (unpaired) electrons. The molecule has 0 aliphatic rings. The number of hydrogen-bond acceptors (Lipinski definition) is 4. The van der Waals surface area contributed by atoms with E-state index in [1.807, 2.05) is 24.3 Å². The quantitative estimate of drug-likeness (QED) is 0.595. The number of nitrogens with one attached hydrogen (secondary N) is 1. The summed E-state index contributed by atoms with van der Waals surface area (Å²) in [6.07, 6.45) is 3.16. The summed E-state index contributed by atoms with van der Waals surface area (Å²) >= 11 is 0. The highest BCUT2D eigenvalue weighted by Crippen LogP contribution is 2.15. The van der Waals surface area contributed by atoms with E-state index in [0.29, 0.717) is 19.8 Å². The second-order valence-electron chi connectivity index (χ2n) is 3.63. The molecule has 0 spiro atoms. The van der Waals surface area contributed by atoms with Crippen molar-refractivity contribution in [3.8, 4) is 0 Å². The van der Waals surface area contributed by atoms with Gasteiger partial charge in [-0.1, -0.05) is 24.3 Å². The molecule has 1 rings (SSSR count). The molecule has 0 fully saturated rings. The van der Waals surface area contributed by atoms with Crippen molar-refractivity contribution >= 4 is 11.7 Å². The molecule has 0 heterocycles. The summed E-state index contributed by atoms with van der Waals surface area (Å²) in [4.78, 5) is 11.1. The van der Waals surface area contributed by atoms with Crippen LogP contribution < -0.4 is 5.32 Å². The highest BCUT2D eigenvalue weighted by molar-refractivity contribution is 5.81. The van der Waals surface area contributed by atoms with Gasteiger partial charge >= 0.3 is 5.97 Å². The van der Waals surface area contributed by atoms with Crippen molar-refractivity contribution in [3.05, 3.63) is 42.0 Å². The first-order valence-corrected chi connectivity index (χ1v) is 5.92. The summed E-state index contributed by atoms with van der Waals surface area (Å²) in [5.74, 6) is -0.315. The van der Waals surface area contributed by atoms with E-state index < -0.39 is 0 Å². The van der Waals surface area contributed by atoms with Gasteiger partial charge in [-0.25, -0.2) is 4.79 Å². The predicted octanol–water partition coefficient (Wildman–Crippen LogP) is 2.36. The van der Waals surface area contributed by atoms with Gasteiger partial charge in [-0.2, -0.15) is 0 Å². The minimum Gasteiger partial charge on any atom is -0.463 e. The smallest absolute Gasteiger partial charge is 0.330 e. The first-order chi connectivity index (χ1) is 8.77. The molecular formula is C14H19NO3. The van der Waals surface area contributed by atoms with E-state index in [9.17, 15) is 4.79 Å². The number of anilines is 1. The van der Waals surface area contributed by atoms with Crippen LogP contribution >= 0.6 is 0 Å². The molecule has 0 unspecified atom stereocenters. The molecule has 0 aliphatic heterocycles. The van der Waals surface area contributed by atoms with Crippen LogP contribution in [0.4, 0.5) is 5.69 Å². The zero-order valence-electron chi connectivity index (χ0n) is 10.8. The SMILES string of the molecule is CCOC(=O)/C=C/CNc1ccccc1COC. The molecule has 18 heavy (non-hydrogen) atoms. The first-order valence-electron chi connectivity index (χ1n) is 5.92. The minimum atomic E-state index is -0.315. The van der Waals surface area contributed by atoms with Gasteiger partial charge in [0, 0.05) is 31.0 Å². The summed E-state index contributed by atoms with van der Waals surface area (Å²) in [7, 11) is 1.66. The first kappa shape index (κ1) is 14.3. The fourth-order valence-corrected chi connectivity index (χ4v) is 1.49. The molecule has 1 N–H and O–H groups in total. The zero-order chi connectivity index (χ0) is 13.2. The van der Waals surface area contributed by atoms with Gasteiger partial charge in [-0.3, -0.25) is 0 Å². The van der Waals surface area contributed by atoms with Crippen LogP contribution in [-0.2, 0) is 20.9 Å². The minimum absolute atomic E-state index is 0.315. The molecule has 0 atom stereocenters. The monoisotopic (exact) mass is 249 g/mol. The van der Waals surface area contributed by atoms with Crippen LogP contribution in [0, 0.1) is 0 Å². The second kappa shape index (κ2) is 8.31. The summed E-state index contributed by atoms with van der Waals surface area (Å²) < 4.78 is 9.90. The number of rotatable bonds is 7. The molecule has 0 saturated heterocycles. The molecule has 0 aliphatic carbocycles. The molecule has 0 bridgehead atoms. The van der Waals surface area contributed by atoms with Crippen molar-refractivity contribution < 1.29 is 14.3 Å². The third-order valence-corrected chi connectivity index (χ3v) is 2.27. The number of carbonyl (C=O) groups is 1. The van der Waals surface area contributed by atoms with E-state index in [1.54, 1.807) is 20.1 Å². The normalized spacial score (nSPS) is 10.6. The summed E-state index contributed by atoms with van der Waals surface area (Å²) in [5.41, 5.74) is 2.09. The van der Waals surface area contributed by atoms with Crippen molar-refractivity contribution in [2.45, 2.75) is 13.5 Å². The van der Waals surface area contributed by atoms with Gasteiger partial charge in [0.15, 0.2) is 0 Å². The fraction of sp³-hybridized carbons (Fsp3) is 0.357. The largest absolute Gasteiger partial charge is 0.463 e. The maximum atomic E-state index is 11.1.